The van der Waals surface area contributed by atoms with Crippen molar-refractivity contribution in [2.45, 2.75) is 65.7 Å². The summed E-state index contributed by atoms with van der Waals surface area (Å²) in [6.45, 7) is 15.2. The lowest BCUT2D eigenvalue weighted by Gasteiger charge is -2.30. The smallest absolute Gasteiger partial charge is 0.319 e. The van der Waals surface area contributed by atoms with Gasteiger partial charge in [0, 0.05) is 12.2 Å². The lowest BCUT2D eigenvalue weighted by atomic mass is 9.93. The molecular formula is C22H37N3O. The van der Waals surface area contributed by atoms with E-state index in [1.165, 1.54) is 37.1 Å². The first-order chi connectivity index (χ1) is 12.4. The third kappa shape index (κ3) is 6.01. The van der Waals surface area contributed by atoms with Gasteiger partial charge in [0.25, 0.3) is 0 Å². The van der Waals surface area contributed by atoms with E-state index in [4.69, 9.17) is 0 Å². The van der Waals surface area contributed by atoms with Crippen LogP contribution < -0.4 is 10.6 Å². The van der Waals surface area contributed by atoms with E-state index in [1.54, 1.807) is 0 Å². The Morgan fingerprint density at radius 1 is 1.12 bits per heavy atom. The predicted molar refractivity (Wildman–Crippen MR) is 111 cm³/mol. The van der Waals surface area contributed by atoms with Crippen LogP contribution in [0.1, 0.15) is 76.8 Å². The zero-order chi connectivity index (χ0) is 19.1. The van der Waals surface area contributed by atoms with E-state index in [9.17, 15) is 4.79 Å². The van der Waals surface area contributed by atoms with E-state index < -0.39 is 0 Å². The maximum absolute atomic E-state index is 12.4. The SMILES string of the molecule is CC1CCN(CCCNC(=O)Nc2c(C(C)C)cccc2C(C)C)CC1. The molecule has 0 radical (unpaired) electrons. The van der Waals surface area contributed by atoms with Gasteiger partial charge in [-0.25, -0.2) is 4.79 Å². The van der Waals surface area contributed by atoms with Crippen LogP contribution in [0.15, 0.2) is 18.2 Å². The number of piperidine rings is 1. The Kier molecular flexibility index (Phi) is 7.95. The zero-order valence-corrected chi connectivity index (χ0v) is 17.3. The molecule has 0 spiro atoms. The van der Waals surface area contributed by atoms with E-state index in [2.05, 4.69) is 68.4 Å². The Morgan fingerprint density at radius 2 is 1.69 bits per heavy atom. The van der Waals surface area contributed by atoms with Crippen LogP contribution in [-0.2, 0) is 0 Å². The number of hydrogen-bond donors (Lipinski definition) is 2. The standard InChI is InChI=1S/C22H37N3O/c1-16(2)19-8-6-9-20(17(3)4)21(19)24-22(26)23-12-7-13-25-14-10-18(5)11-15-25/h6,8-9,16-18H,7,10-15H2,1-5H3,(H2,23,24,26). The number of carbonyl (C=O) groups is 1. The van der Waals surface area contributed by atoms with Crippen molar-refractivity contribution < 1.29 is 4.79 Å². The van der Waals surface area contributed by atoms with Crippen molar-refractivity contribution in [2.75, 3.05) is 31.5 Å². The average molecular weight is 360 g/mol. The maximum Gasteiger partial charge on any atom is 0.319 e. The molecule has 0 unspecified atom stereocenters. The summed E-state index contributed by atoms with van der Waals surface area (Å²) < 4.78 is 0. The molecule has 1 fully saturated rings. The van der Waals surface area contributed by atoms with Crippen molar-refractivity contribution in [1.82, 2.24) is 10.2 Å². The number of hydrogen-bond acceptors (Lipinski definition) is 2. The van der Waals surface area contributed by atoms with Crippen LogP contribution in [0.25, 0.3) is 0 Å². The van der Waals surface area contributed by atoms with Gasteiger partial charge >= 0.3 is 6.03 Å². The Balaban J connectivity index is 1.84. The number of carbonyl (C=O) groups excluding carboxylic acids is 1. The van der Waals surface area contributed by atoms with Crippen molar-refractivity contribution in [3.8, 4) is 0 Å². The van der Waals surface area contributed by atoms with Gasteiger partial charge < -0.3 is 15.5 Å². The van der Waals surface area contributed by atoms with E-state index in [0.29, 0.717) is 11.8 Å². The van der Waals surface area contributed by atoms with Crippen LogP contribution in [0, 0.1) is 5.92 Å². The number of amides is 2. The fraction of sp³-hybridized carbons (Fsp3) is 0.682. The maximum atomic E-state index is 12.4. The monoisotopic (exact) mass is 359 g/mol. The highest BCUT2D eigenvalue weighted by Gasteiger charge is 2.17. The molecule has 4 heteroatoms. The van der Waals surface area contributed by atoms with Gasteiger partial charge in [-0.15, -0.1) is 0 Å². The molecule has 1 aliphatic rings. The molecule has 146 valence electrons. The molecule has 1 saturated heterocycles. The quantitative estimate of drug-likeness (QED) is 0.659. The third-order valence-electron chi connectivity index (χ3n) is 5.42. The molecule has 1 aromatic rings. The number of rotatable bonds is 7. The van der Waals surface area contributed by atoms with Crippen molar-refractivity contribution >= 4 is 11.7 Å². The van der Waals surface area contributed by atoms with Crippen LogP contribution >= 0.6 is 0 Å². The van der Waals surface area contributed by atoms with Crippen LogP contribution in [0.3, 0.4) is 0 Å². The molecule has 0 aliphatic carbocycles. The fourth-order valence-corrected chi connectivity index (χ4v) is 3.64. The molecule has 0 aromatic heterocycles. The molecule has 4 nitrogen and oxygen atoms in total. The topological polar surface area (TPSA) is 44.4 Å². The summed E-state index contributed by atoms with van der Waals surface area (Å²) in [5, 5.41) is 6.16. The Morgan fingerprint density at radius 3 is 2.23 bits per heavy atom. The van der Waals surface area contributed by atoms with Gasteiger partial charge in [-0.2, -0.15) is 0 Å². The molecule has 2 rings (SSSR count). The lowest BCUT2D eigenvalue weighted by molar-refractivity contribution is 0.190. The minimum Gasteiger partial charge on any atom is -0.338 e. The molecule has 1 aliphatic heterocycles. The second-order valence-electron chi connectivity index (χ2n) is 8.38. The van der Waals surface area contributed by atoms with Gasteiger partial charge in [-0.05, 0) is 67.8 Å². The molecule has 2 amide bonds. The third-order valence-corrected chi connectivity index (χ3v) is 5.42. The highest BCUT2D eigenvalue weighted by molar-refractivity contribution is 5.91. The summed E-state index contributed by atoms with van der Waals surface area (Å²) in [7, 11) is 0. The minimum absolute atomic E-state index is 0.0905. The van der Waals surface area contributed by atoms with Gasteiger partial charge in [0.1, 0.15) is 0 Å². The van der Waals surface area contributed by atoms with Crippen molar-refractivity contribution in [3.63, 3.8) is 0 Å². The summed E-state index contributed by atoms with van der Waals surface area (Å²) >= 11 is 0. The van der Waals surface area contributed by atoms with Gasteiger partial charge in [0.15, 0.2) is 0 Å². The van der Waals surface area contributed by atoms with Crippen LogP contribution in [-0.4, -0.2) is 37.1 Å². The van der Waals surface area contributed by atoms with Crippen LogP contribution in [0.4, 0.5) is 10.5 Å². The Labute approximate surface area is 159 Å². The number of para-hydroxylation sites is 1. The number of likely N-dealkylation sites (tertiary alicyclic amines) is 1. The highest BCUT2D eigenvalue weighted by atomic mass is 16.2. The van der Waals surface area contributed by atoms with Crippen molar-refractivity contribution in [3.05, 3.63) is 29.3 Å². The number of nitrogens with one attached hydrogen (secondary N) is 2. The van der Waals surface area contributed by atoms with E-state index in [0.717, 1.165) is 31.1 Å². The number of nitrogens with zero attached hydrogens (tertiary/aromatic N) is 1. The van der Waals surface area contributed by atoms with Crippen molar-refractivity contribution in [1.29, 1.82) is 0 Å². The van der Waals surface area contributed by atoms with Crippen LogP contribution in [0.5, 0.6) is 0 Å². The summed E-state index contributed by atoms with van der Waals surface area (Å²) in [6.07, 6.45) is 3.61. The van der Waals surface area contributed by atoms with E-state index in [-0.39, 0.29) is 6.03 Å². The lowest BCUT2D eigenvalue weighted by Crippen LogP contribution is -2.36. The molecule has 0 bridgehead atoms. The van der Waals surface area contributed by atoms with Gasteiger partial charge in [-0.3, -0.25) is 0 Å². The second-order valence-corrected chi connectivity index (χ2v) is 8.38. The molecule has 1 aromatic carbocycles. The van der Waals surface area contributed by atoms with Gasteiger partial charge in [0.2, 0.25) is 0 Å². The molecule has 0 saturated carbocycles. The average Bonchev–Trinajstić information content (AvgIpc) is 2.60. The molecule has 26 heavy (non-hydrogen) atoms. The molecule has 0 atom stereocenters. The minimum atomic E-state index is -0.0905. The zero-order valence-electron chi connectivity index (χ0n) is 17.3. The first kappa shape index (κ1) is 20.8. The summed E-state index contributed by atoms with van der Waals surface area (Å²) in [5.41, 5.74) is 3.39. The summed E-state index contributed by atoms with van der Waals surface area (Å²) in [4.78, 5) is 14.9. The number of anilines is 1. The molecule has 2 N–H and O–H groups in total. The molecular weight excluding hydrogens is 322 g/mol. The van der Waals surface area contributed by atoms with Gasteiger partial charge in [-0.1, -0.05) is 52.8 Å². The first-order valence-electron chi connectivity index (χ1n) is 10.3. The normalized spacial score (nSPS) is 16.3. The molecule has 1 heterocycles. The van der Waals surface area contributed by atoms with E-state index >= 15 is 0 Å². The fourth-order valence-electron chi connectivity index (χ4n) is 3.64. The second kappa shape index (κ2) is 9.96. The van der Waals surface area contributed by atoms with Crippen LogP contribution in [0.2, 0.25) is 0 Å². The predicted octanol–water partition coefficient (Wildman–Crippen LogP) is 5.18. The summed E-state index contributed by atoms with van der Waals surface area (Å²) in [5.74, 6) is 1.63. The highest BCUT2D eigenvalue weighted by Crippen LogP contribution is 2.32. The van der Waals surface area contributed by atoms with Crippen molar-refractivity contribution in [2.24, 2.45) is 5.92 Å². The largest absolute Gasteiger partial charge is 0.338 e. The number of urea groups is 1. The Bertz CT molecular complexity index is 549. The number of benzene rings is 1. The van der Waals surface area contributed by atoms with E-state index in [1.807, 2.05) is 0 Å². The van der Waals surface area contributed by atoms with Gasteiger partial charge in [0.05, 0.1) is 0 Å². The summed E-state index contributed by atoms with van der Waals surface area (Å²) in [6, 6.07) is 6.23. The first-order valence-corrected chi connectivity index (χ1v) is 10.3. The Hall–Kier alpha value is -1.55.